The lowest BCUT2D eigenvalue weighted by molar-refractivity contribution is 0.311. The molecular weight excluding hydrogens is 224 g/mol. The van der Waals surface area contributed by atoms with Gasteiger partial charge in [-0.3, -0.25) is 4.98 Å². The molecule has 0 radical (unpaired) electrons. The highest BCUT2D eigenvalue weighted by molar-refractivity contribution is 5.74. The highest BCUT2D eigenvalue weighted by Gasteiger charge is 2.42. The zero-order chi connectivity index (χ0) is 12.8. The van der Waals surface area contributed by atoms with Gasteiger partial charge in [-0.2, -0.15) is 0 Å². The molecule has 1 fully saturated rings. The maximum absolute atomic E-state index is 4.87. The molecule has 4 nitrogen and oxygen atoms in total. The van der Waals surface area contributed by atoms with Crippen LogP contribution in [0.25, 0.3) is 11.0 Å². The molecule has 1 saturated heterocycles. The molecule has 1 aliphatic rings. The normalized spacial score (nSPS) is 24.2. The Hall–Kier alpha value is -1.42. The van der Waals surface area contributed by atoms with Crippen LogP contribution in [0.5, 0.6) is 0 Å². The van der Waals surface area contributed by atoms with E-state index in [1.54, 1.807) is 0 Å². The second-order valence-corrected chi connectivity index (χ2v) is 5.60. The number of imidazole rings is 1. The van der Waals surface area contributed by atoms with E-state index in [-0.39, 0.29) is 5.41 Å². The van der Waals surface area contributed by atoms with Gasteiger partial charge in [-0.15, -0.1) is 0 Å². The van der Waals surface area contributed by atoms with Crippen molar-refractivity contribution in [1.82, 2.24) is 19.9 Å². The van der Waals surface area contributed by atoms with Crippen LogP contribution in [-0.2, 0) is 12.5 Å². The summed E-state index contributed by atoms with van der Waals surface area (Å²) in [6.07, 6.45) is 4.88. The van der Waals surface area contributed by atoms with E-state index < -0.39 is 0 Å². The van der Waals surface area contributed by atoms with E-state index in [4.69, 9.17) is 4.98 Å². The van der Waals surface area contributed by atoms with Crippen LogP contribution in [-0.4, -0.2) is 27.6 Å². The van der Waals surface area contributed by atoms with E-state index in [0.717, 1.165) is 30.5 Å². The summed E-state index contributed by atoms with van der Waals surface area (Å²) < 4.78 is 2.22. The van der Waals surface area contributed by atoms with E-state index in [9.17, 15) is 0 Å². The maximum atomic E-state index is 4.87. The lowest BCUT2D eigenvalue weighted by atomic mass is 9.75. The average molecular weight is 244 g/mol. The second-order valence-electron chi connectivity index (χ2n) is 5.60. The monoisotopic (exact) mass is 244 g/mol. The third-order valence-corrected chi connectivity index (χ3v) is 4.42. The fourth-order valence-electron chi connectivity index (χ4n) is 3.13. The molecule has 0 aromatic carbocycles. The van der Waals surface area contributed by atoms with Gasteiger partial charge < -0.3 is 9.88 Å². The summed E-state index contributed by atoms with van der Waals surface area (Å²) in [5, 5.41) is 3.50. The molecule has 2 aromatic heterocycles. The number of nitrogens with zero attached hydrogens (tertiary/aromatic N) is 3. The fourth-order valence-corrected chi connectivity index (χ4v) is 3.13. The molecule has 0 spiro atoms. The van der Waals surface area contributed by atoms with E-state index in [2.05, 4.69) is 35.8 Å². The van der Waals surface area contributed by atoms with Crippen molar-refractivity contribution in [2.45, 2.75) is 25.7 Å². The van der Waals surface area contributed by atoms with Crippen molar-refractivity contribution in [2.75, 3.05) is 13.1 Å². The van der Waals surface area contributed by atoms with Crippen LogP contribution < -0.4 is 5.32 Å². The predicted octanol–water partition coefficient (Wildman–Crippen LogP) is 1.86. The molecule has 18 heavy (non-hydrogen) atoms. The van der Waals surface area contributed by atoms with Gasteiger partial charge in [0.05, 0.1) is 17.2 Å². The van der Waals surface area contributed by atoms with Gasteiger partial charge in [0.2, 0.25) is 0 Å². The summed E-state index contributed by atoms with van der Waals surface area (Å²) in [6, 6.07) is 2.00. The molecular formula is C14H20N4. The second kappa shape index (κ2) is 4.05. The first-order valence-corrected chi connectivity index (χ1v) is 6.63. The first-order valence-electron chi connectivity index (χ1n) is 6.63. The molecule has 96 valence electrons. The van der Waals surface area contributed by atoms with Crippen LogP contribution in [0, 0.1) is 5.92 Å². The topological polar surface area (TPSA) is 42.7 Å². The summed E-state index contributed by atoms with van der Waals surface area (Å²) in [5.74, 6) is 1.78. The summed E-state index contributed by atoms with van der Waals surface area (Å²) in [4.78, 5) is 9.08. The Morgan fingerprint density at radius 1 is 1.44 bits per heavy atom. The van der Waals surface area contributed by atoms with E-state index in [1.165, 1.54) is 5.82 Å². The smallest absolute Gasteiger partial charge is 0.117 e. The first-order chi connectivity index (χ1) is 8.65. The quantitative estimate of drug-likeness (QED) is 0.876. The standard InChI is InChI=1S/C14H20N4/c1-10(2)14(5-7-16-9-14)13-17-11-4-6-15-8-12(11)18(13)3/h4,6,8,10,16H,5,7,9H2,1-3H3. The largest absolute Gasteiger partial charge is 0.329 e. The lowest BCUT2D eigenvalue weighted by Crippen LogP contribution is -2.37. The first kappa shape index (κ1) is 11.7. The van der Waals surface area contributed by atoms with Gasteiger partial charge in [-0.05, 0) is 24.9 Å². The number of nitrogens with one attached hydrogen (secondary N) is 1. The van der Waals surface area contributed by atoms with Crippen molar-refractivity contribution in [3.63, 3.8) is 0 Å². The van der Waals surface area contributed by atoms with Crippen LogP contribution in [0.1, 0.15) is 26.1 Å². The van der Waals surface area contributed by atoms with Gasteiger partial charge >= 0.3 is 0 Å². The number of aromatic nitrogens is 3. The van der Waals surface area contributed by atoms with Crippen molar-refractivity contribution in [2.24, 2.45) is 13.0 Å². The number of hydrogen-bond acceptors (Lipinski definition) is 3. The minimum Gasteiger partial charge on any atom is -0.329 e. The molecule has 0 bridgehead atoms. The van der Waals surface area contributed by atoms with Gasteiger partial charge in [0, 0.05) is 25.2 Å². The molecule has 3 heterocycles. The Morgan fingerprint density at radius 3 is 2.89 bits per heavy atom. The Bertz CT molecular complexity index is 564. The maximum Gasteiger partial charge on any atom is 0.117 e. The molecule has 0 saturated carbocycles. The van der Waals surface area contributed by atoms with Crippen LogP contribution in [0.4, 0.5) is 0 Å². The van der Waals surface area contributed by atoms with Gasteiger partial charge in [-0.1, -0.05) is 13.8 Å². The summed E-state index contributed by atoms with van der Waals surface area (Å²) in [5.41, 5.74) is 2.34. The molecule has 1 unspecified atom stereocenters. The zero-order valence-corrected chi connectivity index (χ0v) is 11.3. The summed E-state index contributed by atoms with van der Waals surface area (Å²) >= 11 is 0. The van der Waals surface area contributed by atoms with Crippen LogP contribution in [0.3, 0.4) is 0 Å². The minimum atomic E-state index is 0.160. The molecule has 1 aliphatic heterocycles. The van der Waals surface area contributed by atoms with E-state index >= 15 is 0 Å². The highest BCUT2D eigenvalue weighted by atomic mass is 15.1. The number of fused-ring (bicyclic) bond motifs is 1. The van der Waals surface area contributed by atoms with Crippen molar-refractivity contribution in [3.05, 3.63) is 24.3 Å². The fraction of sp³-hybridized carbons (Fsp3) is 0.571. The highest BCUT2D eigenvalue weighted by Crippen LogP contribution is 2.38. The Balaban J connectivity index is 2.21. The Kier molecular flexibility index (Phi) is 2.63. The lowest BCUT2D eigenvalue weighted by Gasteiger charge is -2.32. The zero-order valence-electron chi connectivity index (χ0n) is 11.3. The SMILES string of the molecule is CC(C)C1(c2nc3ccncc3n2C)CCNC1. The van der Waals surface area contributed by atoms with Crippen molar-refractivity contribution in [3.8, 4) is 0 Å². The van der Waals surface area contributed by atoms with Gasteiger partial charge in [0.1, 0.15) is 5.82 Å². The van der Waals surface area contributed by atoms with E-state index in [0.29, 0.717) is 5.92 Å². The predicted molar refractivity (Wildman–Crippen MR) is 72.5 cm³/mol. The molecule has 4 heteroatoms. The Labute approximate surface area is 107 Å². The van der Waals surface area contributed by atoms with Crippen LogP contribution in [0.15, 0.2) is 18.5 Å². The van der Waals surface area contributed by atoms with Crippen molar-refractivity contribution in [1.29, 1.82) is 0 Å². The Morgan fingerprint density at radius 2 is 2.28 bits per heavy atom. The van der Waals surface area contributed by atoms with Crippen molar-refractivity contribution < 1.29 is 0 Å². The summed E-state index contributed by atoms with van der Waals surface area (Å²) in [6.45, 7) is 6.70. The van der Waals surface area contributed by atoms with Gasteiger partial charge in [0.25, 0.3) is 0 Å². The summed E-state index contributed by atoms with van der Waals surface area (Å²) in [7, 11) is 2.11. The van der Waals surface area contributed by atoms with Crippen LogP contribution >= 0.6 is 0 Å². The van der Waals surface area contributed by atoms with Crippen LogP contribution in [0.2, 0.25) is 0 Å². The number of hydrogen-bond donors (Lipinski definition) is 1. The van der Waals surface area contributed by atoms with Gasteiger partial charge in [-0.25, -0.2) is 4.98 Å². The van der Waals surface area contributed by atoms with Gasteiger partial charge in [0.15, 0.2) is 0 Å². The molecule has 2 aromatic rings. The average Bonchev–Trinajstić information content (AvgIpc) is 2.96. The third-order valence-electron chi connectivity index (χ3n) is 4.42. The molecule has 0 amide bonds. The van der Waals surface area contributed by atoms with E-state index in [1.807, 2.05) is 18.5 Å². The minimum absolute atomic E-state index is 0.160. The number of pyridine rings is 1. The molecule has 1 N–H and O–H groups in total. The molecule has 1 atom stereocenters. The third kappa shape index (κ3) is 1.48. The number of aryl methyl sites for hydroxylation is 1. The number of rotatable bonds is 2. The molecule has 0 aliphatic carbocycles. The van der Waals surface area contributed by atoms with Crippen molar-refractivity contribution >= 4 is 11.0 Å². The molecule has 3 rings (SSSR count).